The molecule has 132 valence electrons. The van der Waals surface area contributed by atoms with Gasteiger partial charge in [-0.05, 0) is 31.2 Å². The Labute approximate surface area is 154 Å². The molecule has 0 unspecified atom stereocenters. The highest BCUT2D eigenvalue weighted by atomic mass is 32.2. The lowest BCUT2D eigenvalue weighted by atomic mass is 10.3. The Bertz CT molecular complexity index is 940. The molecule has 3 rings (SSSR count). The summed E-state index contributed by atoms with van der Waals surface area (Å²) in [6.07, 6.45) is 0. The third-order valence-corrected chi connectivity index (χ3v) is 4.59. The Kier molecular flexibility index (Phi) is 5.33. The van der Waals surface area contributed by atoms with E-state index in [1.165, 1.54) is 16.6 Å². The number of thioether (sulfide) groups is 1. The summed E-state index contributed by atoms with van der Waals surface area (Å²) in [4.78, 5) is 25.8. The molecule has 0 fully saturated rings. The summed E-state index contributed by atoms with van der Waals surface area (Å²) in [6, 6.07) is 16.6. The van der Waals surface area contributed by atoms with E-state index in [0.29, 0.717) is 11.4 Å². The summed E-state index contributed by atoms with van der Waals surface area (Å²) in [7, 11) is 0. The average molecular weight is 367 g/mol. The number of rotatable bonds is 6. The number of benzene rings is 2. The van der Waals surface area contributed by atoms with Crippen LogP contribution in [-0.4, -0.2) is 32.6 Å². The Balaban J connectivity index is 1.81. The molecule has 0 aliphatic heterocycles. The minimum absolute atomic E-state index is 0.135. The second kappa shape index (κ2) is 7.83. The zero-order valence-corrected chi connectivity index (χ0v) is 14.9. The molecule has 0 saturated heterocycles. The monoisotopic (exact) mass is 367 g/mol. The third-order valence-electron chi connectivity index (χ3n) is 3.49. The van der Waals surface area contributed by atoms with Gasteiger partial charge in [0.05, 0.1) is 22.8 Å². The van der Waals surface area contributed by atoms with Crippen LogP contribution in [0.15, 0.2) is 59.5 Å². The number of para-hydroxylation sites is 2. The number of aromatic nitrogens is 3. The van der Waals surface area contributed by atoms with Gasteiger partial charge in [0.2, 0.25) is 5.91 Å². The number of anilines is 1. The van der Waals surface area contributed by atoms with Crippen molar-refractivity contribution in [3.05, 3.63) is 66.0 Å². The number of hydrogen-bond donors (Lipinski definition) is 2. The zero-order valence-electron chi connectivity index (χ0n) is 14.0. The normalized spacial score (nSPS) is 10.5. The fourth-order valence-electron chi connectivity index (χ4n) is 2.29. The lowest BCUT2D eigenvalue weighted by molar-refractivity contribution is -0.115. The number of nitrogens with zero attached hydrogens (tertiary/aromatic N) is 3. The number of aryl methyl sites for hydroxylation is 1. The van der Waals surface area contributed by atoms with Crippen LogP contribution in [0, 0.1) is 6.92 Å². The van der Waals surface area contributed by atoms with E-state index in [1.54, 1.807) is 19.1 Å². The molecule has 0 aliphatic rings. The quantitative estimate of drug-likeness (QED) is 0.651. The van der Waals surface area contributed by atoms with Gasteiger partial charge in [-0.1, -0.05) is 30.3 Å². The van der Waals surface area contributed by atoms with Crippen LogP contribution in [0.2, 0.25) is 0 Å². The third kappa shape index (κ3) is 4.09. The molecule has 8 heteroatoms. The minimum Gasteiger partial charge on any atom is -0.369 e. The van der Waals surface area contributed by atoms with E-state index in [-0.39, 0.29) is 17.4 Å². The van der Waals surface area contributed by atoms with E-state index in [2.05, 4.69) is 15.5 Å². The van der Waals surface area contributed by atoms with Crippen LogP contribution in [0.5, 0.6) is 0 Å². The molecule has 7 nitrogen and oxygen atoms in total. The van der Waals surface area contributed by atoms with Gasteiger partial charge in [-0.3, -0.25) is 9.59 Å². The molecule has 0 bridgehead atoms. The smallest absolute Gasteiger partial charge is 0.278 e. The highest BCUT2D eigenvalue weighted by Crippen LogP contribution is 2.27. The van der Waals surface area contributed by atoms with Gasteiger partial charge in [-0.15, -0.1) is 16.9 Å². The van der Waals surface area contributed by atoms with E-state index >= 15 is 0 Å². The summed E-state index contributed by atoms with van der Waals surface area (Å²) in [6.45, 7) is 1.73. The van der Waals surface area contributed by atoms with E-state index < -0.39 is 5.91 Å². The summed E-state index contributed by atoms with van der Waals surface area (Å²) in [5.41, 5.74) is 7.32. The second-order valence-corrected chi connectivity index (χ2v) is 6.48. The number of carbonyl (C=O) groups is 2. The van der Waals surface area contributed by atoms with Crippen LogP contribution in [0.3, 0.4) is 0 Å². The molecule has 2 aromatic carbocycles. The Morgan fingerprint density at radius 3 is 2.50 bits per heavy atom. The predicted molar refractivity (Wildman–Crippen MR) is 100 cm³/mol. The van der Waals surface area contributed by atoms with Crippen molar-refractivity contribution in [3.8, 4) is 5.69 Å². The topological polar surface area (TPSA) is 103 Å². The highest BCUT2D eigenvalue weighted by molar-refractivity contribution is 8.00. The van der Waals surface area contributed by atoms with Crippen molar-refractivity contribution in [2.75, 3.05) is 11.1 Å². The van der Waals surface area contributed by atoms with E-state index in [1.807, 2.05) is 42.5 Å². The van der Waals surface area contributed by atoms with Crippen molar-refractivity contribution in [3.63, 3.8) is 0 Å². The first-order chi connectivity index (χ1) is 12.5. The lowest BCUT2D eigenvalue weighted by Gasteiger charge is -2.09. The molecule has 2 amide bonds. The maximum Gasteiger partial charge on any atom is 0.278 e. The van der Waals surface area contributed by atoms with Crippen LogP contribution in [0.4, 0.5) is 5.69 Å². The molecule has 0 saturated carbocycles. The van der Waals surface area contributed by atoms with Crippen molar-refractivity contribution < 1.29 is 9.59 Å². The number of nitrogens with one attached hydrogen (secondary N) is 1. The number of primary amides is 1. The summed E-state index contributed by atoms with van der Waals surface area (Å²) < 4.78 is 0. The molecule has 1 aromatic heterocycles. The second-order valence-electron chi connectivity index (χ2n) is 5.46. The van der Waals surface area contributed by atoms with Crippen molar-refractivity contribution >= 4 is 29.3 Å². The number of nitrogens with two attached hydrogens (primary N) is 1. The average Bonchev–Trinajstić information content (AvgIpc) is 3.03. The molecular formula is C18H17N5O2S. The first kappa shape index (κ1) is 17.7. The summed E-state index contributed by atoms with van der Waals surface area (Å²) >= 11 is 1.27. The van der Waals surface area contributed by atoms with Crippen molar-refractivity contribution in [1.82, 2.24) is 15.0 Å². The molecule has 3 N–H and O–H groups in total. The van der Waals surface area contributed by atoms with Crippen molar-refractivity contribution in [2.24, 2.45) is 5.73 Å². The molecule has 0 atom stereocenters. The van der Waals surface area contributed by atoms with E-state index in [9.17, 15) is 9.59 Å². The lowest BCUT2D eigenvalue weighted by Crippen LogP contribution is -2.16. The molecule has 0 radical (unpaired) electrons. The van der Waals surface area contributed by atoms with Gasteiger partial charge in [0.15, 0.2) is 5.69 Å². The van der Waals surface area contributed by atoms with Crippen LogP contribution >= 0.6 is 11.8 Å². The minimum atomic E-state index is -0.419. The number of amides is 2. The van der Waals surface area contributed by atoms with Crippen LogP contribution in [0.25, 0.3) is 5.69 Å². The molecule has 1 heterocycles. The van der Waals surface area contributed by atoms with Gasteiger partial charge in [-0.25, -0.2) is 0 Å². The van der Waals surface area contributed by atoms with Gasteiger partial charge >= 0.3 is 0 Å². The Morgan fingerprint density at radius 2 is 1.77 bits per heavy atom. The molecule has 0 spiro atoms. The van der Waals surface area contributed by atoms with Gasteiger partial charge in [0.25, 0.3) is 5.91 Å². The Morgan fingerprint density at radius 1 is 1.08 bits per heavy atom. The van der Waals surface area contributed by atoms with Gasteiger partial charge < -0.3 is 11.1 Å². The summed E-state index contributed by atoms with van der Waals surface area (Å²) in [5, 5.41) is 11.4. The molecule has 26 heavy (non-hydrogen) atoms. The van der Waals surface area contributed by atoms with Crippen LogP contribution in [-0.2, 0) is 4.79 Å². The van der Waals surface area contributed by atoms with Crippen molar-refractivity contribution in [1.29, 1.82) is 0 Å². The summed E-state index contributed by atoms with van der Waals surface area (Å²) in [5.74, 6) is -0.648. The first-order valence-corrected chi connectivity index (χ1v) is 8.84. The zero-order chi connectivity index (χ0) is 18.5. The fraction of sp³-hybridized carbons (Fsp3) is 0.111. The maximum absolute atomic E-state index is 12.6. The van der Waals surface area contributed by atoms with Gasteiger partial charge in [0, 0.05) is 4.90 Å². The number of hydrogen-bond acceptors (Lipinski definition) is 5. The van der Waals surface area contributed by atoms with Gasteiger partial charge in [0.1, 0.15) is 0 Å². The largest absolute Gasteiger partial charge is 0.369 e. The van der Waals surface area contributed by atoms with E-state index in [0.717, 1.165) is 10.6 Å². The van der Waals surface area contributed by atoms with Crippen molar-refractivity contribution in [2.45, 2.75) is 11.8 Å². The van der Waals surface area contributed by atoms with Gasteiger partial charge in [-0.2, -0.15) is 9.90 Å². The molecule has 3 aromatic rings. The van der Waals surface area contributed by atoms with Crippen LogP contribution < -0.4 is 11.1 Å². The fourth-order valence-corrected chi connectivity index (χ4v) is 3.04. The SMILES string of the molecule is Cc1nn(-c2ccccc2)nc1C(=O)Nc1ccccc1SCC(N)=O. The molecular weight excluding hydrogens is 350 g/mol. The molecule has 0 aliphatic carbocycles. The number of carbonyl (C=O) groups excluding carboxylic acids is 2. The Hall–Kier alpha value is -3.13. The maximum atomic E-state index is 12.6. The van der Waals surface area contributed by atoms with E-state index in [4.69, 9.17) is 5.73 Å². The highest BCUT2D eigenvalue weighted by Gasteiger charge is 2.17. The van der Waals surface area contributed by atoms with Crippen LogP contribution in [0.1, 0.15) is 16.2 Å². The standard InChI is InChI=1S/C18H17N5O2S/c1-12-17(22-23(21-12)13-7-3-2-4-8-13)18(25)20-14-9-5-6-10-15(14)26-11-16(19)24/h2-10H,11H2,1H3,(H2,19,24)(H,20,25). The predicted octanol–water partition coefficient (Wildman–Crippen LogP) is 2.41. The first-order valence-electron chi connectivity index (χ1n) is 7.85.